The molecule has 18 heavy (non-hydrogen) atoms. The zero-order chi connectivity index (χ0) is 12.7. The maximum Gasteiger partial charge on any atom is 0.127 e. The molecule has 3 rings (SSSR count). The van der Waals surface area contributed by atoms with E-state index in [1.165, 1.54) is 0 Å². The smallest absolute Gasteiger partial charge is 0.127 e. The summed E-state index contributed by atoms with van der Waals surface area (Å²) in [4.78, 5) is 0. The zero-order valence-corrected chi connectivity index (χ0v) is 10.1. The predicted octanol–water partition coefficient (Wildman–Crippen LogP) is 2.11. The minimum Gasteiger partial charge on any atom is -0.515 e. The van der Waals surface area contributed by atoms with Gasteiger partial charge in [-0.05, 0) is 31.2 Å². The molecule has 4 heteroatoms. The lowest BCUT2D eigenvalue weighted by molar-refractivity contribution is 0.419. The molecule has 0 aliphatic carbocycles. The van der Waals surface area contributed by atoms with Gasteiger partial charge < -0.3 is 9.84 Å². The van der Waals surface area contributed by atoms with Gasteiger partial charge in [0.25, 0.3) is 0 Å². The van der Waals surface area contributed by atoms with Gasteiger partial charge in [-0.1, -0.05) is 0 Å². The molecule has 0 atom stereocenters. The third-order valence-electron chi connectivity index (χ3n) is 3.19. The summed E-state index contributed by atoms with van der Waals surface area (Å²) in [6.45, 7) is 1.92. The molecule has 0 saturated carbocycles. The Morgan fingerprint density at radius 1 is 1.11 bits per heavy atom. The number of aliphatic hydroxyl groups is 1. The Labute approximate surface area is 104 Å². The third-order valence-corrected chi connectivity index (χ3v) is 3.19. The maximum absolute atomic E-state index is 9.35. The Hall–Kier alpha value is -2.36. The van der Waals surface area contributed by atoms with Gasteiger partial charge in [0.15, 0.2) is 0 Å². The molecule has 4 nitrogen and oxygen atoms in total. The second kappa shape index (κ2) is 3.84. The molecule has 1 aromatic heterocycles. The summed E-state index contributed by atoms with van der Waals surface area (Å²) in [5, 5.41) is 21.3. The average Bonchev–Trinajstić information content (AvgIpc) is 2.42. The Morgan fingerprint density at radius 2 is 1.94 bits per heavy atom. The van der Waals surface area contributed by atoms with Crippen molar-refractivity contribution in [2.24, 2.45) is 0 Å². The second-order valence-electron chi connectivity index (χ2n) is 4.15. The molecule has 0 fully saturated rings. The summed E-state index contributed by atoms with van der Waals surface area (Å²) in [6.07, 6.45) is 1.09. The Kier molecular flexibility index (Phi) is 2.30. The number of rotatable bonds is 1. The topological polar surface area (TPSA) is 55.2 Å². The average molecular weight is 240 g/mol. The largest absolute Gasteiger partial charge is 0.515 e. The summed E-state index contributed by atoms with van der Waals surface area (Å²) >= 11 is 0. The van der Waals surface area contributed by atoms with E-state index in [4.69, 9.17) is 4.74 Å². The first kappa shape index (κ1) is 10.8. The van der Waals surface area contributed by atoms with Crippen molar-refractivity contribution in [3.05, 3.63) is 35.2 Å². The second-order valence-corrected chi connectivity index (χ2v) is 4.15. The molecule has 0 unspecified atom stereocenters. The van der Waals surface area contributed by atoms with E-state index in [-0.39, 0.29) is 0 Å². The van der Waals surface area contributed by atoms with Crippen molar-refractivity contribution in [1.82, 2.24) is 10.2 Å². The van der Waals surface area contributed by atoms with E-state index in [9.17, 15) is 5.11 Å². The van der Waals surface area contributed by atoms with Crippen LogP contribution in [0.25, 0.3) is 27.9 Å². The van der Waals surface area contributed by atoms with Gasteiger partial charge in [0.1, 0.15) is 5.75 Å². The van der Waals surface area contributed by atoms with Crippen LogP contribution in [0.1, 0.15) is 5.69 Å². The Bertz CT molecular complexity index is 797. The number of aliphatic hydroxyl groups excluding tert-OH is 1. The Balaban J connectivity index is 2.70. The van der Waals surface area contributed by atoms with Crippen LogP contribution in [0.15, 0.2) is 24.3 Å². The number of nitrogens with zero attached hydrogens (tertiary/aromatic N) is 2. The molecule has 90 valence electrons. The van der Waals surface area contributed by atoms with Crippen molar-refractivity contribution in [3.8, 4) is 5.75 Å². The van der Waals surface area contributed by atoms with Gasteiger partial charge in [-0.2, -0.15) is 10.2 Å². The summed E-state index contributed by atoms with van der Waals surface area (Å²) < 4.78 is 5.37. The first-order valence-corrected chi connectivity index (χ1v) is 5.63. The molecule has 1 N–H and O–H groups in total. The lowest BCUT2D eigenvalue weighted by atomic mass is 10.0. The first-order chi connectivity index (χ1) is 8.76. The van der Waals surface area contributed by atoms with Gasteiger partial charge in [0, 0.05) is 21.4 Å². The summed E-state index contributed by atoms with van der Waals surface area (Å²) in [6, 6.07) is 7.52. The molecule has 0 saturated heterocycles. The van der Waals surface area contributed by atoms with E-state index in [0.29, 0.717) is 0 Å². The highest BCUT2D eigenvalue weighted by atomic mass is 16.5. The molecule has 0 aliphatic rings. The van der Waals surface area contributed by atoms with E-state index in [1.54, 1.807) is 7.11 Å². The first-order valence-electron chi connectivity index (χ1n) is 5.63. The number of aryl methyl sites for hydroxylation is 1. The number of aromatic nitrogens is 2. The maximum atomic E-state index is 9.35. The summed E-state index contributed by atoms with van der Waals surface area (Å²) in [5.74, 6) is 0.723. The molecule has 3 aromatic rings. The summed E-state index contributed by atoms with van der Waals surface area (Å²) in [5.41, 5.74) is 1.67. The van der Waals surface area contributed by atoms with Crippen molar-refractivity contribution in [2.75, 3.05) is 7.11 Å². The number of ether oxygens (including phenoxy) is 1. The molecular formula is C14H12N2O2. The molecule has 0 radical (unpaired) electrons. The van der Waals surface area contributed by atoms with Crippen molar-refractivity contribution in [2.45, 2.75) is 6.92 Å². The van der Waals surface area contributed by atoms with Crippen molar-refractivity contribution >= 4 is 27.9 Å². The molecule has 0 aliphatic heterocycles. The fraction of sp³-hybridized carbons (Fsp3) is 0.143. The van der Waals surface area contributed by atoms with Crippen LogP contribution in [0, 0.1) is 6.92 Å². The van der Waals surface area contributed by atoms with Crippen LogP contribution in [0.3, 0.4) is 0 Å². The van der Waals surface area contributed by atoms with Gasteiger partial charge >= 0.3 is 0 Å². The third kappa shape index (κ3) is 1.32. The van der Waals surface area contributed by atoms with Gasteiger partial charge in [-0.25, -0.2) is 0 Å². The van der Waals surface area contributed by atoms with E-state index < -0.39 is 0 Å². The number of benzene rings is 2. The van der Waals surface area contributed by atoms with E-state index in [1.807, 2.05) is 31.2 Å². The molecule has 0 bridgehead atoms. The van der Waals surface area contributed by atoms with Gasteiger partial charge in [-0.15, -0.1) is 0 Å². The fourth-order valence-corrected chi connectivity index (χ4v) is 2.32. The van der Waals surface area contributed by atoms with Crippen molar-refractivity contribution < 1.29 is 9.84 Å². The van der Waals surface area contributed by atoms with E-state index >= 15 is 0 Å². The molecule has 1 heterocycles. The van der Waals surface area contributed by atoms with Gasteiger partial charge in [-0.3, -0.25) is 0 Å². The lowest BCUT2D eigenvalue weighted by Crippen LogP contribution is -2.05. The SMILES string of the molecule is COc1ccc2c(C)nnc3cc/c(=C\O)c1c32. The molecule has 0 spiro atoms. The van der Waals surface area contributed by atoms with E-state index in [2.05, 4.69) is 10.2 Å². The van der Waals surface area contributed by atoms with Crippen molar-refractivity contribution in [3.63, 3.8) is 0 Å². The highest BCUT2D eigenvalue weighted by molar-refractivity contribution is 6.11. The highest BCUT2D eigenvalue weighted by Gasteiger charge is 2.11. The molecule has 2 aromatic carbocycles. The van der Waals surface area contributed by atoms with Crippen LogP contribution in [0.5, 0.6) is 5.75 Å². The predicted molar refractivity (Wildman–Crippen MR) is 70.6 cm³/mol. The molecular weight excluding hydrogens is 228 g/mol. The normalized spacial score (nSPS) is 12.4. The van der Waals surface area contributed by atoms with Crippen LogP contribution < -0.4 is 9.96 Å². The quantitative estimate of drug-likeness (QED) is 0.707. The minimum absolute atomic E-state index is 0.720. The van der Waals surface area contributed by atoms with E-state index in [0.717, 1.165) is 44.6 Å². The molecule has 0 amide bonds. The van der Waals surface area contributed by atoms with Gasteiger partial charge in [0.05, 0.1) is 24.6 Å². The van der Waals surface area contributed by atoms with Crippen LogP contribution in [0.4, 0.5) is 0 Å². The minimum atomic E-state index is 0.720. The van der Waals surface area contributed by atoms with Crippen LogP contribution in [0.2, 0.25) is 0 Å². The highest BCUT2D eigenvalue weighted by Crippen LogP contribution is 2.30. The number of hydrogen-bond donors (Lipinski definition) is 1. The van der Waals surface area contributed by atoms with Crippen LogP contribution in [-0.4, -0.2) is 22.4 Å². The van der Waals surface area contributed by atoms with Crippen LogP contribution in [-0.2, 0) is 0 Å². The number of methoxy groups -OCH3 is 1. The number of hydrogen-bond acceptors (Lipinski definition) is 4. The monoisotopic (exact) mass is 240 g/mol. The van der Waals surface area contributed by atoms with Gasteiger partial charge in [0.2, 0.25) is 0 Å². The summed E-state index contributed by atoms with van der Waals surface area (Å²) in [7, 11) is 1.62. The van der Waals surface area contributed by atoms with Crippen molar-refractivity contribution in [1.29, 1.82) is 0 Å². The lowest BCUT2D eigenvalue weighted by Gasteiger charge is -2.10. The van der Waals surface area contributed by atoms with Crippen LogP contribution >= 0.6 is 0 Å². The zero-order valence-electron chi connectivity index (χ0n) is 10.1. The Morgan fingerprint density at radius 3 is 2.67 bits per heavy atom. The standard InChI is InChI=1S/C14H12N2O2/c1-8-10-4-6-12(18-2)13-9(7-17)3-5-11(14(10)13)16-15-8/h3-7,17H,1-2H3/b9-7+. The fourth-order valence-electron chi connectivity index (χ4n) is 2.32.